The molecular formula is C17H26N2O5S. The molecule has 1 heterocycles. The van der Waals surface area contributed by atoms with E-state index in [0.717, 1.165) is 12.8 Å². The highest BCUT2D eigenvalue weighted by molar-refractivity contribution is 7.89. The number of amides is 1. The third-order valence-corrected chi connectivity index (χ3v) is 5.21. The van der Waals surface area contributed by atoms with E-state index in [1.807, 2.05) is 13.8 Å². The van der Waals surface area contributed by atoms with Crippen molar-refractivity contribution in [3.63, 3.8) is 0 Å². The van der Waals surface area contributed by atoms with Crippen LogP contribution in [-0.4, -0.2) is 45.7 Å². The van der Waals surface area contributed by atoms with Gasteiger partial charge in [-0.1, -0.05) is 0 Å². The number of nitrogens with one attached hydrogen (secondary N) is 2. The lowest BCUT2D eigenvalue weighted by atomic mass is 10.2. The second-order valence-corrected chi connectivity index (χ2v) is 8.15. The average molecular weight is 370 g/mol. The molecule has 7 nitrogen and oxygen atoms in total. The van der Waals surface area contributed by atoms with Crippen molar-refractivity contribution >= 4 is 15.9 Å². The Kier molecular flexibility index (Phi) is 6.80. The standard InChI is InChI=1S/C17H26N2O5S/c1-12(2)19-17(20)13(3)24-14-6-8-16(9-7-14)25(21,22)18-11-15-5-4-10-23-15/h6-9,12-13,15,18H,4-5,10-11H2,1-3H3,(H,19,20)/t13-,15-/m1/s1. The zero-order chi connectivity index (χ0) is 18.4. The van der Waals surface area contributed by atoms with Crippen LogP contribution in [0.25, 0.3) is 0 Å². The predicted octanol–water partition coefficient (Wildman–Crippen LogP) is 1.44. The minimum atomic E-state index is -3.59. The molecule has 0 aromatic heterocycles. The van der Waals surface area contributed by atoms with Crippen LogP contribution >= 0.6 is 0 Å². The molecule has 2 rings (SSSR count). The number of carbonyl (C=O) groups is 1. The Morgan fingerprint density at radius 1 is 1.28 bits per heavy atom. The first-order valence-corrected chi connectivity index (χ1v) is 9.94. The highest BCUT2D eigenvalue weighted by Crippen LogP contribution is 2.18. The maximum atomic E-state index is 12.3. The van der Waals surface area contributed by atoms with Crippen molar-refractivity contribution in [1.29, 1.82) is 0 Å². The number of sulfonamides is 1. The molecule has 0 spiro atoms. The zero-order valence-corrected chi connectivity index (χ0v) is 15.6. The van der Waals surface area contributed by atoms with E-state index in [1.54, 1.807) is 19.1 Å². The average Bonchev–Trinajstić information content (AvgIpc) is 3.06. The van der Waals surface area contributed by atoms with Gasteiger partial charge in [-0.3, -0.25) is 4.79 Å². The maximum absolute atomic E-state index is 12.3. The summed E-state index contributed by atoms with van der Waals surface area (Å²) in [5.41, 5.74) is 0. The van der Waals surface area contributed by atoms with E-state index in [1.165, 1.54) is 12.1 Å². The first-order valence-electron chi connectivity index (χ1n) is 8.46. The molecule has 1 aliphatic rings. The molecular weight excluding hydrogens is 344 g/mol. The molecule has 1 amide bonds. The lowest BCUT2D eigenvalue weighted by molar-refractivity contribution is -0.127. The Morgan fingerprint density at radius 2 is 1.96 bits per heavy atom. The maximum Gasteiger partial charge on any atom is 0.260 e. The van der Waals surface area contributed by atoms with E-state index in [0.29, 0.717) is 12.4 Å². The molecule has 2 atom stereocenters. The van der Waals surface area contributed by atoms with Gasteiger partial charge in [-0.2, -0.15) is 0 Å². The third kappa shape index (κ3) is 5.98. The van der Waals surface area contributed by atoms with Gasteiger partial charge in [0.1, 0.15) is 5.75 Å². The first-order chi connectivity index (χ1) is 11.8. The van der Waals surface area contributed by atoms with Crippen molar-refractivity contribution in [2.45, 2.75) is 56.8 Å². The quantitative estimate of drug-likeness (QED) is 0.722. The van der Waals surface area contributed by atoms with Gasteiger partial charge < -0.3 is 14.8 Å². The number of ether oxygens (including phenoxy) is 2. The molecule has 140 valence electrons. The smallest absolute Gasteiger partial charge is 0.260 e. The van der Waals surface area contributed by atoms with Gasteiger partial charge in [0.15, 0.2) is 6.10 Å². The fourth-order valence-electron chi connectivity index (χ4n) is 2.45. The second-order valence-electron chi connectivity index (χ2n) is 6.38. The number of rotatable bonds is 8. The number of hydrogen-bond donors (Lipinski definition) is 2. The molecule has 0 unspecified atom stereocenters. The van der Waals surface area contributed by atoms with E-state index >= 15 is 0 Å². The summed E-state index contributed by atoms with van der Waals surface area (Å²) in [5, 5.41) is 2.76. The van der Waals surface area contributed by atoms with Gasteiger partial charge in [-0.05, 0) is 57.9 Å². The minimum absolute atomic E-state index is 0.0287. The zero-order valence-electron chi connectivity index (χ0n) is 14.8. The molecule has 1 aromatic rings. The summed E-state index contributed by atoms with van der Waals surface area (Å²) >= 11 is 0. The van der Waals surface area contributed by atoms with Crippen molar-refractivity contribution in [2.75, 3.05) is 13.2 Å². The first kappa shape index (κ1) is 19.7. The molecule has 8 heteroatoms. The molecule has 1 aromatic carbocycles. The third-order valence-electron chi connectivity index (χ3n) is 3.77. The largest absolute Gasteiger partial charge is 0.481 e. The van der Waals surface area contributed by atoms with Crippen molar-refractivity contribution in [3.05, 3.63) is 24.3 Å². The SMILES string of the molecule is CC(C)NC(=O)[C@@H](C)Oc1ccc(S(=O)(=O)NC[C@H]2CCCO2)cc1. The molecule has 2 N–H and O–H groups in total. The highest BCUT2D eigenvalue weighted by atomic mass is 32.2. The van der Waals surface area contributed by atoms with E-state index < -0.39 is 16.1 Å². The van der Waals surface area contributed by atoms with Crippen LogP contribution in [0.2, 0.25) is 0 Å². The summed E-state index contributed by atoms with van der Waals surface area (Å²) in [6.07, 6.45) is 1.10. The molecule has 0 saturated carbocycles. The van der Waals surface area contributed by atoms with E-state index in [2.05, 4.69) is 10.0 Å². The molecule has 1 fully saturated rings. The van der Waals surface area contributed by atoms with Crippen LogP contribution in [0.1, 0.15) is 33.6 Å². The minimum Gasteiger partial charge on any atom is -0.481 e. The van der Waals surface area contributed by atoms with Gasteiger partial charge in [0, 0.05) is 19.2 Å². The van der Waals surface area contributed by atoms with Crippen LogP contribution < -0.4 is 14.8 Å². The van der Waals surface area contributed by atoms with Crippen molar-refractivity contribution in [3.8, 4) is 5.75 Å². The Balaban J connectivity index is 1.92. The van der Waals surface area contributed by atoms with E-state index in [9.17, 15) is 13.2 Å². The molecule has 0 radical (unpaired) electrons. The Morgan fingerprint density at radius 3 is 2.52 bits per heavy atom. The predicted molar refractivity (Wildman–Crippen MR) is 94.0 cm³/mol. The molecule has 0 bridgehead atoms. The highest BCUT2D eigenvalue weighted by Gasteiger charge is 2.21. The summed E-state index contributed by atoms with van der Waals surface area (Å²) in [4.78, 5) is 12.0. The normalized spacial score (nSPS) is 19.0. The van der Waals surface area contributed by atoms with E-state index in [4.69, 9.17) is 9.47 Å². The van der Waals surface area contributed by atoms with Crippen LogP contribution in [0.4, 0.5) is 0 Å². The van der Waals surface area contributed by atoms with Gasteiger partial charge >= 0.3 is 0 Å². The van der Waals surface area contributed by atoms with Crippen molar-refractivity contribution in [2.24, 2.45) is 0 Å². The van der Waals surface area contributed by atoms with Gasteiger partial charge in [-0.15, -0.1) is 0 Å². The van der Waals surface area contributed by atoms with Gasteiger partial charge in [-0.25, -0.2) is 13.1 Å². The molecule has 25 heavy (non-hydrogen) atoms. The summed E-state index contributed by atoms with van der Waals surface area (Å²) in [7, 11) is -3.59. The fourth-order valence-corrected chi connectivity index (χ4v) is 3.51. The van der Waals surface area contributed by atoms with E-state index in [-0.39, 0.29) is 29.5 Å². The van der Waals surface area contributed by atoms with Crippen molar-refractivity contribution in [1.82, 2.24) is 10.0 Å². The van der Waals surface area contributed by atoms with Crippen LogP contribution in [0.3, 0.4) is 0 Å². The molecule has 1 aliphatic heterocycles. The van der Waals surface area contributed by atoms with Gasteiger partial charge in [0.25, 0.3) is 5.91 Å². The van der Waals surface area contributed by atoms with Crippen LogP contribution in [0, 0.1) is 0 Å². The number of carbonyl (C=O) groups excluding carboxylic acids is 1. The lowest BCUT2D eigenvalue weighted by Crippen LogP contribution is -2.40. The second kappa shape index (κ2) is 8.64. The lowest BCUT2D eigenvalue weighted by Gasteiger charge is -2.16. The number of benzene rings is 1. The molecule has 1 saturated heterocycles. The van der Waals surface area contributed by atoms with Crippen LogP contribution in [0.15, 0.2) is 29.2 Å². The Bertz CT molecular complexity index is 667. The van der Waals surface area contributed by atoms with Crippen LogP contribution in [0.5, 0.6) is 5.75 Å². The Hall–Kier alpha value is -1.64. The topological polar surface area (TPSA) is 93.7 Å². The summed E-state index contributed by atoms with van der Waals surface area (Å²) in [6.45, 7) is 6.33. The summed E-state index contributed by atoms with van der Waals surface area (Å²) in [5.74, 6) is 0.217. The fraction of sp³-hybridized carbons (Fsp3) is 0.588. The Labute approximate surface area is 149 Å². The molecule has 0 aliphatic carbocycles. The van der Waals surface area contributed by atoms with Crippen LogP contribution in [-0.2, 0) is 19.6 Å². The van der Waals surface area contributed by atoms with Crippen molar-refractivity contribution < 1.29 is 22.7 Å². The van der Waals surface area contributed by atoms with Gasteiger partial charge in [0.2, 0.25) is 10.0 Å². The summed E-state index contributed by atoms with van der Waals surface area (Å²) in [6, 6.07) is 6.03. The summed E-state index contributed by atoms with van der Waals surface area (Å²) < 4.78 is 38.1. The van der Waals surface area contributed by atoms with Gasteiger partial charge in [0.05, 0.1) is 11.0 Å². The number of hydrogen-bond acceptors (Lipinski definition) is 5. The monoisotopic (exact) mass is 370 g/mol.